The van der Waals surface area contributed by atoms with Crippen LogP contribution in [0.2, 0.25) is 0 Å². The van der Waals surface area contributed by atoms with Gasteiger partial charge in [0.2, 0.25) is 0 Å². The first kappa shape index (κ1) is 18.4. The summed E-state index contributed by atoms with van der Waals surface area (Å²) in [5.74, 6) is 0. The molecule has 0 aliphatic carbocycles. The van der Waals surface area contributed by atoms with Crippen LogP contribution in [0.4, 0.5) is 5.69 Å². The number of aromatic nitrogens is 1. The summed E-state index contributed by atoms with van der Waals surface area (Å²) >= 11 is 0. The molecule has 5 heteroatoms. The quantitative estimate of drug-likeness (QED) is 0.476. The molecule has 5 nitrogen and oxygen atoms in total. The molecule has 144 valence electrons. The van der Waals surface area contributed by atoms with E-state index in [4.69, 9.17) is 0 Å². The van der Waals surface area contributed by atoms with Crippen LogP contribution < -0.4 is 0 Å². The molecule has 0 amide bonds. The number of benzene rings is 2. The number of non-ortho nitro benzene ring substituents is 1. The fraction of sp³-hybridized carbons (Fsp3) is 0.304. The molecule has 3 aromatic rings. The molecule has 1 aromatic heterocycles. The fourth-order valence-corrected chi connectivity index (χ4v) is 4.39. The van der Waals surface area contributed by atoms with E-state index in [9.17, 15) is 10.1 Å². The van der Waals surface area contributed by atoms with E-state index in [1.807, 2.05) is 6.07 Å². The summed E-state index contributed by atoms with van der Waals surface area (Å²) in [6.45, 7) is 6.99. The van der Waals surface area contributed by atoms with E-state index in [0.717, 1.165) is 31.6 Å². The molecule has 28 heavy (non-hydrogen) atoms. The topological polar surface area (TPSA) is 51.3 Å². The second kappa shape index (κ2) is 7.60. The van der Waals surface area contributed by atoms with Gasteiger partial charge in [-0.1, -0.05) is 41.5 Å². The lowest BCUT2D eigenvalue weighted by atomic mass is 9.99. The molecule has 0 radical (unpaired) electrons. The molecule has 2 heterocycles. The zero-order chi connectivity index (χ0) is 19.7. The van der Waals surface area contributed by atoms with E-state index >= 15 is 0 Å². The molecule has 0 unspecified atom stereocenters. The van der Waals surface area contributed by atoms with Crippen LogP contribution in [0.3, 0.4) is 0 Å². The van der Waals surface area contributed by atoms with Crippen molar-refractivity contribution in [3.63, 3.8) is 0 Å². The van der Waals surface area contributed by atoms with Crippen molar-refractivity contribution < 1.29 is 4.92 Å². The summed E-state index contributed by atoms with van der Waals surface area (Å²) in [4.78, 5) is 13.5. The van der Waals surface area contributed by atoms with Crippen molar-refractivity contribution in [1.82, 2.24) is 9.47 Å². The summed E-state index contributed by atoms with van der Waals surface area (Å²) in [6.07, 6.45) is 3.16. The SMILES string of the molecule is Cc1cc(C)cc(CN2CCCn3cccc3[C@H]2c2cccc([N+](=O)[O-])c2)c1. The Morgan fingerprint density at radius 1 is 1.04 bits per heavy atom. The van der Waals surface area contributed by atoms with Crippen LogP contribution in [0, 0.1) is 24.0 Å². The Morgan fingerprint density at radius 3 is 2.57 bits per heavy atom. The Hall–Kier alpha value is -2.92. The highest BCUT2D eigenvalue weighted by Crippen LogP contribution is 2.34. The molecule has 4 rings (SSSR count). The third-order valence-corrected chi connectivity index (χ3v) is 5.42. The number of fused-ring (bicyclic) bond motifs is 1. The summed E-state index contributed by atoms with van der Waals surface area (Å²) in [7, 11) is 0. The van der Waals surface area contributed by atoms with Crippen LogP contribution in [-0.2, 0) is 13.1 Å². The highest BCUT2D eigenvalue weighted by atomic mass is 16.6. The van der Waals surface area contributed by atoms with Gasteiger partial charge in [-0.25, -0.2) is 0 Å². The molecule has 1 aliphatic rings. The van der Waals surface area contributed by atoms with E-state index in [1.165, 1.54) is 22.4 Å². The fourth-order valence-electron chi connectivity index (χ4n) is 4.39. The Labute approximate surface area is 165 Å². The summed E-state index contributed by atoms with van der Waals surface area (Å²) in [6, 6.07) is 18.0. The third-order valence-electron chi connectivity index (χ3n) is 5.42. The number of aryl methyl sites for hydroxylation is 3. The Balaban J connectivity index is 1.77. The van der Waals surface area contributed by atoms with Crippen LogP contribution in [0.15, 0.2) is 60.8 Å². The molecule has 0 fully saturated rings. The Bertz CT molecular complexity index is 988. The number of nitro benzene ring substituents is 1. The van der Waals surface area contributed by atoms with Gasteiger partial charge in [0.25, 0.3) is 5.69 Å². The number of nitrogens with zero attached hydrogens (tertiary/aromatic N) is 3. The van der Waals surface area contributed by atoms with Crippen LogP contribution >= 0.6 is 0 Å². The van der Waals surface area contributed by atoms with Gasteiger partial charge < -0.3 is 4.57 Å². The number of hydrogen-bond acceptors (Lipinski definition) is 3. The van der Waals surface area contributed by atoms with Gasteiger partial charge in [-0.3, -0.25) is 15.0 Å². The second-order valence-electron chi connectivity index (χ2n) is 7.70. The lowest BCUT2D eigenvalue weighted by Gasteiger charge is -2.30. The van der Waals surface area contributed by atoms with Crippen LogP contribution in [0.1, 0.15) is 40.4 Å². The maximum absolute atomic E-state index is 11.3. The van der Waals surface area contributed by atoms with Gasteiger partial charge in [-0.05, 0) is 43.5 Å². The normalized spacial score (nSPS) is 17.1. The zero-order valence-electron chi connectivity index (χ0n) is 16.3. The number of rotatable bonds is 4. The first-order chi connectivity index (χ1) is 13.5. The van der Waals surface area contributed by atoms with Gasteiger partial charge in [0, 0.05) is 43.7 Å². The molecule has 1 atom stereocenters. The maximum atomic E-state index is 11.3. The smallest absolute Gasteiger partial charge is 0.269 e. The molecule has 0 spiro atoms. The van der Waals surface area contributed by atoms with Crippen molar-refractivity contribution in [3.05, 3.63) is 98.9 Å². The van der Waals surface area contributed by atoms with Crippen LogP contribution in [-0.4, -0.2) is 20.9 Å². The first-order valence-electron chi connectivity index (χ1n) is 9.72. The molecule has 0 saturated carbocycles. The average Bonchev–Trinajstić information content (AvgIpc) is 3.02. The Kier molecular flexibility index (Phi) is 5.01. The number of nitro groups is 1. The van der Waals surface area contributed by atoms with Gasteiger partial charge in [-0.15, -0.1) is 0 Å². The van der Waals surface area contributed by atoms with Gasteiger partial charge in [-0.2, -0.15) is 0 Å². The zero-order valence-corrected chi connectivity index (χ0v) is 16.3. The summed E-state index contributed by atoms with van der Waals surface area (Å²) in [5, 5.41) is 11.3. The Morgan fingerprint density at radius 2 is 1.82 bits per heavy atom. The van der Waals surface area contributed by atoms with Crippen LogP contribution in [0.5, 0.6) is 0 Å². The average molecular weight is 375 g/mol. The maximum Gasteiger partial charge on any atom is 0.269 e. The standard InChI is InChI=1S/C23H25N3O2/c1-17-12-18(2)14-19(13-17)16-25-11-5-10-24-9-4-8-22(24)23(25)20-6-3-7-21(15-20)26(27)28/h3-4,6-9,12-15,23H,5,10-11,16H2,1-2H3/t23-/m1/s1. The van der Waals surface area contributed by atoms with Crippen molar-refractivity contribution in [2.24, 2.45) is 0 Å². The highest BCUT2D eigenvalue weighted by Gasteiger charge is 2.28. The summed E-state index contributed by atoms with van der Waals surface area (Å²) < 4.78 is 2.28. The van der Waals surface area contributed by atoms with E-state index < -0.39 is 0 Å². The van der Waals surface area contributed by atoms with Crippen molar-refractivity contribution >= 4 is 5.69 Å². The predicted octanol–water partition coefficient (Wildman–Crippen LogP) is 5.01. The molecule has 0 saturated heterocycles. The van der Waals surface area contributed by atoms with Crippen molar-refractivity contribution in [1.29, 1.82) is 0 Å². The van der Waals surface area contributed by atoms with Gasteiger partial charge >= 0.3 is 0 Å². The number of hydrogen-bond donors (Lipinski definition) is 0. The monoisotopic (exact) mass is 375 g/mol. The summed E-state index contributed by atoms with van der Waals surface area (Å²) in [5.41, 5.74) is 6.13. The minimum absolute atomic E-state index is 0.00165. The second-order valence-corrected chi connectivity index (χ2v) is 7.70. The van der Waals surface area contributed by atoms with E-state index in [-0.39, 0.29) is 16.7 Å². The largest absolute Gasteiger partial charge is 0.350 e. The van der Waals surface area contributed by atoms with Gasteiger partial charge in [0.05, 0.1) is 11.0 Å². The van der Waals surface area contributed by atoms with E-state index in [1.54, 1.807) is 18.2 Å². The molecule has 0 bridgehead atoms. The van der Waals surface area contributed by atoms with Crippen LogP contribution in [0.25, 0.3) is 0 Å². The highest BCUT2D eigenvalue weighted by molar-refractivity contribution is 5.39. The molecule has 1 aliphatic heterocycles. The minimum atomic E-state index is -0.312. The van der Waals surface area contributed by atoms with Crippen molar-refractivity contribution in [3.8, 4) is 0 Å². The lowest BCUT2D eigenvalue weighted by Crippen LogP contribution is -2.29. The van der Waals surface area contributed by atoms with E-state index in [0.29, 0.717) is 0 Å². The minimum Gasteiger partial charge on any atom is -0.350 e. The van der Waals surface area contributed by atoms with E-state index in [2.05, 4.69) is 59.8 Å². The van der Waals surface area contributed by atoms with Crippen molar-refractivity contribution in [2.75, 3.05) is 6.54 Å². The van der Waals surface area contributed by atoms with Crippen molar-refractivity contribution in [2.45, 2.75) is 39.4 Å². The van der Waals surface area contributed by atoms with Gasteiger partial charge in [0.1, 0.15) is 0 Å². The molecular weight excluding hydrogens is 350 g/mol. The first-order valence-corrected chi connectivity index (χ1v) is 9.72. The molecular formula is C23H25N3O2. The predicted molar refractivity (Wildman–Crippen MR) is 110 cm³/mol. The molecule has 2 aromatic carbocycles. The molecule has 0 N–H and O–H groups in total. The third kappa shape index (κ3) is 3.71. The van der Waals surface area contributed by atoms with Gasteiger partial charge in [0.15, 0.2) is 0 Å². The lowest BCUT2D eigenvalue weighted by molar-refractivity contribution is -0.384.